The van der Waals surface area contributed by atoms with Crippen LogP contribution in [-0.4, -0.2) is 24.7 Å². The Morgan fingerprint density at radius 1 is 1.39 bits per heavy atom. The van der Waals surface area contributed by atoms with E-state index >= 15 is 0 Å². The molecule has 4 nitrogen and oxygen atoms in total. The van der Waals surface area contributed by atoms with Crippen LogP contribution in [0.4, 0.5) is 0 Å². The average Bonchev–Trinajstić information content (AvgIpc) is 2.32. The van der Waals surface area contributed by atoms with Gasteiger partial charge in [-0.1, -0.05) is 18.2 Å². The van der Waals surface area contributed by atoms with Gasteiger partial charge in [0.25, 0.3) is 0 Å². The number of nitrogens with two attached hydrogens (primary N) is 1. The van der Waals surface area contributed by atoms with Crippen LogP contribution >= 0.6 is 0 Å². The van der Waals surface area contributed by atoms with Gasteiger partial charge in [-0.2, -0.15) is 0 Å². The predicted octanol–water partition coefficient (Wildman–Crippen LogP) is 2.04. The van der Waals surface area contributed by atoms with Crippen LogP contribution < -0.4 is 10.5 Å². The summed E-state index contributed by atoms with van der Waals surface area (Å²) < 4.78 is 10.5. The molecule has 4 heteroatoms. The molecule has 1 unspecified atom stereocenters. The van der Waals surface area contributed by atoms with Crippen LogP contribution in [0.25, 0.3) is 0 Å². The van der Waals surface area contributed by atoms with E-state index < -0.39 is 11.5 Å². The summed E-state index contributed by atoms with van der Waals surface area (Å²) in [6.07, 6.45) is 0.417. The van der Waals surface area contributed by atoms with Gasteiger partial charge in [-0.25, -0.2) is 0 Å². The van der Waals surface area contributed by atoms with E-state index in [4.69, 9.17) is 15.2 Å². The van der Waals surface area contributed by atoms with Gasteiger partial charge >= 0.3 is 5.97 Å². The maximum Gasteiger partial charge on any atom is 0.325 e. The van der Waals surface area contributed by atoms with E-state index in [2.05, 4.69) is 0 Å². The lowest BCUT2D eigenvalue weighted by Gasteiger charge is -2.22. The zero-order valence-electron chi connectivity index (χ0n) is 11.2. The molecule has 0 fully saturated rings. The molecule has 1 atom stereocenters. The van der Waals surface area contributed by atoms with Gasteiger partial charge in [0.15, 0.2) is 0 Å². The lowest BCUT2D eigenvalue weighted by atomic mass is 10.0. The van der Waals surface area contributed by atoms with Gasteiger partial charge in [0.2, 0.25) is 0 Å². The van der Waals surface area contributed by atoms with Gasteiger partial charge in [-0.15, -0.1) is 0 Å². The van der Waals surface area contributed by atoms with E-state index in [9.17, 15) is 4.79 Å². The second kappa shape index (κ2) is 6.40. The maximum absolute atomic E-state index is 11.6. The minimum Gasteiger partial charge on any atom is -0.493 e. The summed E-state index contributed by atoms with van der Waals surface area (Å²) >= 11 is 0. The monoisotopic (exact) mass is 251 g/mol. The number of hydrogen-bond donors (Lipinski definition) is 1. The first-order chi connectivity index (χ1) is 8.47. The third-order valence-corrected chi connectivity index (χ3v) is 2.71. The maximum atomic E-state index is 11.6. The van der Waals surface area contributed by atoms with E-state index in [0.717, 1.165) is 11.3 Å². The lowest BCUT2D eigenvalue weighted by Crippen LogP contribution is -2.47. The van der Waals surface area contributed by atoms with E-state index in [-0.39, 0.29) is 0 Å². The number of para-hydroxylation sites is 1. The van der Waals surface area contributed by atoms with Crippen molar-refractivity contribution in [1.29, 1.82) is 0 Å². The molecule has 18 heavy (non-hydrogen) atoms. The fourth-order valence-electron chi connectivity index (χ4n) is 1.49. The minimum atomic E-state index is -1.00. The molecule has 2 N–H and O–H groups in total. The molecule has 0 aliphatic rings. The Labute approximate surface area is 108 Å². The second-order valence-corrected chi connectivity index (χ2v) is 4.50. The van der Waals surface area contributed by atoms with E-state index in [0.29, 0.717) is 19.6 Å². The first kappa shape index (κ1) is 14.5. The molecule has 0 amide bonds. The van der Waals surface area contributed by atoms with Crippen molar-refractivity contribution in [3.63, 3.8) is 0 Å². The molecule has 0 saturated carbocycles. The van der Waals surface area contributed by atoms with Crippen LogP contribution in [0.2, 0.25) is 0 Å². The van der Waals surface area contributed by atoms with Crippen molar-refractivity contribution in [2.45, 2.75) is 32.7 Å². The Balaban J connectivity index is 2.46. The standard InChI is InChI=1S/C14H21NO3/c1-4-17-13(16)14(3,15)9-10-18-12-8-6-5-7-11(12)2/h5-8H,4,9-10,15H2,1-3H3. The summed E-state index contributed by atoms with van der Waals surface area (Å²) in [4.78, 5) is 11.6. The molecule has 0 saturated heterocycles. The van der Waals surface area contributed by atoms with Gasteiger partial charge in [-0.05, 0) is 32.4 Å². The Kier molecular flexibility index (Phi) is 5.16. The van der Waals surface area contributed by atoms with Crippen molar-refractivity contribution < 1.29 is 14.3 Å². The van der Waals surface area contributed by atoms with Crippen molar-refractivity contribution in [3.05, 3.63) is 29.8 Å². The molecule has 0 spiro atoms. The predicted molar refractivity (Wildman–Crippen MR) is 70.5 cm³/mol. The molecule has 0 aromatic heterocycles. The first-order valence-corrected chi connectivity index (χ1v) is 6.12. The third-order valence-electron chi connectivity index (χ3n) is 2.71. The highest BCUT2D eigenvalue weighted by molar-refractivity contribution is 5.79. The van der Waals surface area contributed by atoms with Crippen molar-refractivity contribution in [3.8, 4) is 5.75 Å². The summed E-state index contributed by atoms with van der Waals surface area (Å²) in [5.74, 6) is 0.426. The van der Waals surface area contributed by atoms with Gasteiger partial charge in [0, 0.05) is 6.42 Å². The topological polar surface area (TPSA) is 61.5 Å². The summed E-state index contributed by atoms with van der Waals surface area (Å²) in [5.41, 5.74) is 5.96. The molecular formula is C14H21NO3. The smallest absolute Gasteiger partial charge is 0.325 e. The second-order valence-electron chi connectivity index (χ2n) is 4.50. The van der Waals surface area contributed by atoms with E-state index in [1.807, 2.05) is 31.2 Å². The molecule has 0 aliphatic carbocycles. The quantitative estimate of drug-likeness (QED) is 0.786. The number of aryl methyl sites for hydroxylation is 1. The lowest BCUT2D eigenvalue weighted by molar-refractivity contribution is -0.149. The number of rotatable bonds is 6. The molecule has 1 rings (SSSR count). The number of carbonyl (C=O) groups is 1. The van der Waals surface area contributed by atoms with Crippen LogP contribution in [0, 0.1) is 6.92 Å². The van der Waals surface area contributed by atoms with Gasteiger partial charge in [0.05, 0.1) is 13.2 Å². The van der Waals surface area contributed by atoms with Crippen LogP contribution in [0.1, 0.15) is 25.8 Å². The van der Waals surface area contributed by atoms with E-state index in [1.54, 1.807) is 13.8 Å². The minimum absolute atomic E-state index is 0.338. The van der Waals surface area contributed by atoms with Crippen LogP contribution in [-0.2, 0) is 9.53 Å². The van der Waals surface area contributed by atoms with E-state index in [1.165, 1.54) is 0 Å². The fraction of sp³-hybridized carbons (Fsp3) is 0.500. The normalized spacial score (nSPS) is 13.8. The molecule has 100 valence electrons. The van der Waals surface area contributed by atoms with Gasteiger partial charge in [0.1, 0.15) is 11.3 Å². The highest BCUT2D eigenvalue weighted by Gasteiger charge is 2.29. The molecule has 0 aliphatic heterocycles. The molecule has 0 radical (unpaired) electrons. The van der Waals surface area contributed by atoms with Crippen LogP contribution in [0.5, 0.6) is 5.75 Å². The Bertz CT molecular complexity index is 402. The summed E-state index contributed by atoms with van der Waals surface area (Å²) in [6.45, 7) is 6.12. The van der Waals surface area contributed by atoms with Crippen molar-refractivity contribution in [2.24, 2.45) is 5.73 Å². The molecule has 0 heterocycles. The summed E-state index contributed by atoms with van der Waals surface area (Å²) in [6, 6.07) is 7.74. The molecular weight excluding hydrogens is 230 g/mol. The fourth-order valence-corrected chi connectivity index (χ4v) is 1.49. The molecule has 1 aromatic carbocycles. The number of esters is 1. The zero-order valence-corrected chi connectivity index (χ0v) is 11.2. The third kappa shape index (κ3) is 4.04. The van der Waals surface area contributed by atoms with Gasteiger partial charge in [-0.3, -0.25) is 4.79 Å². The van der Waals surface area contributed by atoms with Crippen molar-refractivity contribution in [1.82, 2.24) is 0 Å². The van der Waals surface area contributed by atoms with Crippen LogP contribution in [0.15, 0.2) is 24.3 Å². The Morgan fingerprint density at radius 3 is 2.67 bits per heavy atom. The van der Waals surface area contributed by atoms with Gasteiger partial charge < -0.3 is 15.2 Å². The SMILES string of the molecule is CCOC(=O)C(C)(N)CCOc1ccccc1C. The molecule has 0 bridgehead atoms. The number of hydrogen-bond acceptors (Lipinski definition) is 4. The highest BCUT2D eigenvalue weighted by Crippen LogP contribution is 2.17. The average molecular weight is 251 g/mol. The number of carbonyl (C=O) groups excluding carboxylic acids is 1. The van der Waals surface area contributed by atoms with Crippen molar-refractivity contribution >= 4 is 5.97 Å². The van der Waals surface area contributed by atoms with Crippen LogP contribution in [0.3, 0.4) is 0 Å². The number of benzene rings is 1. The zero-order chi connectivity index (χ0) is 13.6. The number of ether oxygens (including phenoxy) is 2. The largest absolute Gasteiger partial charge is 0.493 e. The Hall–Kier alpha value is -1.55. The summed E-state index contributed by atoms with van der Waals surface area (Å²) in [7, 11) is 0. The highest BCUT2D eigenvalue weighted by atomic mass is 16.5. The first-order valence-electron chi connectivity index (χ1n) is 6.12. The molecule has 1 aromatic rings. The van der Waals surface area contributed by atoms with Crippen molar-refractivity contribution in [2.75, 3.05) is 13.2 Å². The Morgan fingerprint density at radius 2 is 2.06 bits per heavy atom. The summed E-state index contributed by atoms with van der Waals surface area (Å²) in [5, 5.41) is 0.